The SMILES string of the molecule is CC(C)(C)c1ccc(N(c2ccc3c(c2)Cc2ccccc2-c2ccccc2Cc2ccccc2-3)c2ccc3c(c2)C(C)(C)c2ccccc2-3)cc1. The van der Waals surface area contributed by atoms with E-state index in [9.17, 15) is 0 Å². The van der Waals surface area contributed by atoms with Crippen molar-refractivity contribution in [3.8, 4) is 33.4 Å². The van der Waals surface area contributed by atoms with Crippen LogP contribution in [-0.4, -0.2) is 0 Å². The summed E-state index contributed by atoms with van der Waals surface area (Å²) in [6.07, 6.45) is 1.73. The minimum atomic E-state index is -0.0871. The molecule has 1 nitrogen and oxygen atoms in total. The fourth-order valence-corrected chi connectivity index (χ4v) is 8.74. The zero-order valence-electron chi connectivity index (χ0n) is 30.9. The Morgan fingerprint density at radius 1 is 0.404 bits per heavy atom. The minimum absolute atomic E-state index is 0.0753. The normalized spacial score (nSPS) is 13.9. The van der Waals surface area contributed by atoms with Crippen molar-refractivity contribution in [1.82, 2.24) is 0 Å². The van der Waals surface area contributed by atoms with Gasteiger partial charge in [-0.25, -0.2) is 0 Å². The van der Waals surface area contributed by atoms with Crippen LogP contribution in [-0.2, 0) is 23.7 Å². The quantitative estimate of drug-likeness (QED) is 0.181. The summed E-state index contributed by atoms with van der Waals surface area (Å²) in [5.41, 5.74) is 21.0. The molecule has 254 valence electrons. The van der Waals surface area contributed by atoms with Crippen LogP contribution in [0.5, 0.6) is 0 Å². The van der Waals surface area contributed by atoms with Crippen LogP contribution in [0.1, 0.15) is 73.6 Å². The Bertz CT molecular complexity index is 2470. The van der Waals surface area contributed by atoms with Gasteiger partial charge in [0.25, 0.3) is 0 Å². The Morgan fingerprint density at radius 3 is 1.40 bits per heavy atom. The van der Waals surface area contributed by atoms with E-state index in [4.69, 9.17) is 0 Å². The fraction of sp³-hybridized carbons (Fsp3) is 0.176. The van der Waals surface area contributed by atoms with E-state index in [1.807, 2.05) is 0 Å². The first-order chi connectivity index (χ1) is 25.2. The molecule has 7 aromatic carbocycles. The summed E-state index contributed by atoms with van der Waals surface area (Å²) in [5.74, 6) is 0. The Labute approximate surface area is 309 Å². The van der Waals surface area contributed by atoms with E-state index in [1.165, 1.54) is 83.7 Å². The van der Waals surface area contributed by atoms with Gasteiger partial charge in [0.05, 0.1) is 0 Å². The summed E-state index contributed by atoms with van der Waals surface area (Å²) in [7, 11) is 0. The van der Waals surface area contributed by atoms with E-state index < -0.39 is 0 Å². The highest BCUT2D eigenvalue weighted by Gasteiger charge is 2.36. The first-order valence-corrected chi connectivity index (χ1v) is 18.7. The number of benzene rings is 7. The predicted molar refractivity (Wildman–Crippen MR) is 220 cm³/mol. The Hall–Kier alpha value is -5.66. The molecule has 0 heterocycles. The molecule has 0 atom stereocenters. The maximum absolute atomic E-state index is 2.47. The van der Waals surface area contributed by atoms with Crippen molar-refractivity contribution >= 4 is 17.1 Å². The lowest BCUT2D eigenvalue weighted by molar-refractivity contribution is 0.590. The number of fused-ring (bicyclic) bond motifs is 9. The van der Waals surface area contributed by atoms with E-state index in [2.05, 4.69) is 197 Å². The predicted octanol–water partition coefficient (Wildman–Crippen LogP) is 13.6. The van der Waals surface area contributed by atoms with Gasteiger partial charge in [-0.15, -0.1) is 0 Å². The molecule has 0 fully saturated rings. The van der Waals surface area contributed by atoms with Gasteiger partial charge in [-0.3, -0.25) is 0 Å². The largest absolute Gasteiger partial charge is 0.310 e. The number of nitrogens with zero attached hydrogens (tertiary/aromatic N) is 1. The number of rotatable bonds is 3. The van der Waals surface area contributed by atoms with Crippen molar-refractivity contribution < 1.29 is 0 Å². The van der Waals surface area contributed by atoms with Crippen LogP contribution in [0.25, 0.3) is 33.4 Å². The molecule has 0 aliphatic heterocycles. The molecule has 0 unspecified atom stereocenters. The van der Waals surface area contributed by atoms with Crippen LogP contribution in [0.3, 0.4) is 0 Å². The Balaban J connectivity index is 1.25. The third kappa shape index (κ3) is 5.39. The second-order valence-corrected chi connectivity index (χ2v) is 16.2. The third-order valence-corrected chi connectivity index (χ3v) is 11.6. The first kappa shape index (κ1) is 32.3. The lowest BCUT2D eigenvalue weighted by Crippen LogP contribution is -2.17. The molecule has 0 N–H and O–H groups in total. The van der Waals surface area contributed by atoms with E-state index in [-0.39, 0.29) is 10.8 Å². The van der Waals surface area contributed by atoms with Crippen molar-refractivity contribution in [3.05, 3.63) is 197 Å². The van der Waals surface area contributed by atoms with Gasteiger partial charge < -0.3 is 4.90 Å². The highest BCUT2D eigenvalue weighted by atomic mass is 15.1. The van der Waals surface area contributed by atoms with Crippen molar-refractivity contribution in [1.29, 1.82) is 0 Å². The molecule has 7 aromatic rings. The Kier molecular flexibility index (Phi) is 7.59. The number of anilines is 3. The number of hydrogen-bond donors (Lipinski definition) is 0. The molecule has 0 bridgehead atoms. The van der Waals surface area contributed by atoms with Gasteiger partial charge >= 0.3 is 0 Å². The molecule has 0 aromatic heterocycles. The van der Waals surface area contributed by atoms with Gasteiger partial charge in [-0.1, -0.05) is 156 Å². The summed E-state index contributed by atoms with van der Waals surface area (Å²) >= 11 is 0. The van der Waals surface area contributed by atoms with Gasteiger partial charge in [-0.05, 0) is 127 Å². The van der Waals surface area contributed by atoms with Crippen LogP contribution < -0.4 is 4.90 Å². The third-order valence-electron chi connectivity index (χ3n) is 11.6. The summed E-state index contributed by atoms with van der Waals surface area (Å²) in [6, 6.07) is 59.4. The molecule has 2 aliphatic carbocycles. The van der Waals surface area contributed by atoms with Gasteiger partial charge in [0, 0.05) is 22.5 Å². The van der Waals surface area contributed by atoms with Crippen molar-refractivity contribution in [2.45, 2.75) is 58.3 Å². The molecule has 0 radical (unpaired) electrons. The molecule has 0 saturated heterocycles. The van der Waals surface area contributed by atoms with Crippen LogP contribution in [0.4, 0.5) is 17.1 Å². The topological polar surface area (TPSA) is 3.24 Å². The summed E-state index contributed by atoms with van der Waals surface area (Å²) in [6.45, 7) is 11.6. The van der Waals surface area contributed by atoms with Crippen molar-refractivity contribution in [2.24, 2.45) is 0 Å². The standard InChI is InChI=1S/C51H45N/c1-50(2,3)38-22-24-39(25-23-38)52(41-27-29-47-46-20-12-13-21-48(46)51(4,5)49(47)33-41)40-26-28-45-37(32-40)31-36-16-8-10-18-43(36)42-17-9-6-14-34(42)30-35-15-7-11-19-44(35)45/h6-29,32-33H,30-31H2,1-5H3. The lowest BCUT2D eigenvalue weighted by Gasteiger charge is -2.30. The van der Waals surface area contributed by atoms with Crippen LogP contribution >= 0.6 is 0 Å². The van der Waals surface area contributed by atoms with E-state index in [1.54, 1.807) is 0 Å². The molecule has 2 aliphatic rings. The highest BCUT2D eigenvalue weighted by molar-refractivity contribution is 5.87. The van der Waals surface area contributed by atoms with Crippen LogP contribution in [0.2, 0.25) is 0 Å². The molecule has 0 spiro atoms. The summed E-state index contributed by atoms with van der Waals surface area (Å²) < 4.78 is 0. The van der Waals surface area contributed by atoms with Crippen LogP contribution in [0, 0.1) is 0 Å². The monoisotopic (exact) mass is 671 g/mol. The molecule has 0 saturated carbocycles. The van der Waals surface area contributed by atoms with Crippen molar-refractivity contribution in [3.63, 3.8) is 0 Å². The second-order valence-electron chi connectivity index (χ2n) is 16.2. The van der Waals surface area contributed by atoms with Crippen molar-refractivity contribution in [2.75, 3.05) is 4.90 Å². The zero-order chi connectivity index (χ0) is 35.6. The lowest BCUT2D eigenvalue weighted by atomic mass is 9.82. The molecular formula is C51H45N. The van der Waals surface area contributed by atoms with E-state index in [0.29, 0.717) is 0 Å². The van der Waals surface area contributed by atoms with Gasteiger partial charge in [0.15, 0.2) is 0 Å². The van der Waals surface area contributed by atoms with Gasteiger partial charge in [0.1, 0.15) is 0 Å². The summed E-state index contributed by atoms with van der Waals surface area (Å²) in [4.78, 5) is 2.47. The molecule has 52 heavy (non-hydrogen) atoms. The summed E-state index contributed by atoms with van der Waals surface area (Å²) in [5, 5.41) is 0. The van der Waals surface area contributed by atoms with Gasteiger partial charge in [0.2, 0.25) is 0 Å². The average molecular weight is 672 g/mol. The molecule has 1 heteroatoms. The molecule has 9 rings (SSSR count). The first-order valence-electron chi connectivity index (χ1n) is 18.7. The average Bonchev–Trinajstić information content (AvgIpc) is 3.38. The van der Waals surface area contributed by atoms with Crippen LogP contribution in [0.15, 0.2) is 158 Å². The highest BCUT2D eigenvalue weighted by Crippen LogP contribution is 2.51. The molecular weight excluding hydrogens is 627 g/mol. The maximum Gasteiger partial charge on any atom is 0.0465 e. The zero-order valence-corrected chi connectivity index (χ0v) is 30.9. The van der Waals surface area contributed by atoms with E-state index >= 15 is 0 Å². The second kappa shape index (κ2) is 12.2. The minimum Gasteiger partial charge on any atom is -0.310 e. The maximum atomic E-state index is 2.47. The fourth-order valence-electron chi connectivity index (χ4n) is 8.74. The van der Waals surface area contributed by atoms with E-state index in [0.717, 1.165) is 18.5 Å². The number of hydrogen-bond acceptors (Lipinski definition) is 1. The smallest absolute Gasteiger partial charge is 0.0465 e. The molecule has 0 amide bonds. The van der Waals surface area contributed by atoms with Gasteiger partial charge in [-0.2, -0.15) is 0 Å². The Morgan fingerprint density at radius 2 is 0.827 bits per heavy atom.